The number of amidine groups is 2. The minimum atomic E-state index is -0.719. The molecule has 133 heavy (non-hydrogen) atoms. The average molecular weight is 1780 g/mol. The Morgan fingerprint density at radius 2 is 0.714 bits per heavy atom. The molecule has 6 aromatic heterocycles. The van der Waals surface area contributed by atoms with E-state index in [2.05, 4.69) is 166 Å². The number of aromatic nitrogens is 12. The van der Waals surface area contributed by atoms with Crippen molar-refractivity contribution in [2.45, 2.75) is 230 Å². The molecule has 6 atom stereocenters. The topological polar surface area (TPSA) is 347 Å². The molecule has 6 spiro atoms. The quantitative estimate of drug-likeness (QED) is 0.139. The summed E-state index contributed by atoms with van der Waals surface area (Å²) in [7, 11) is 2.01. The van der Waals surface area contributed by atoms with Crippen molar-refractivity contribution in [1.82, 2.24) is 59.8 Å². The van der Waals surface area contributed by atoms with Crippen LogP contribution >= 0.6 is 0 Å². The van der Waals surface area contributed by atoms with Gasteiger partial charge in [0.05, 0.1) is 34.1 Å². The number of aromatic amines is 1. The van der Waals surface area contributed by atoms with Crippen LogP contribution < -0.4 is 11.5 Å². The molecule has 6 aliphatic carbocycles. The second kappa shape index (κ2) is 36.8. The number of aryl methyl sites for hydroxylation is 8. The van der Waals surface area contributed by atoms with Crippen LogP contribution in [-0.2, 0) is 90.2 Å². The monoisotopic (exact) mass is 1770 g/mol. The Morgan fingerprint density at radius 1 is 0.338 bits per heavy atom. The molecule has 12 aliphatic rings. The number of nitrogens with two attached hydrogens (primary N) is 2. The largest absolute Gasteiger partial charge is 0.479 e. The minimum Gasteiger partial charge on any atom is -0.479 e. The zero-order valence-electron chi connectivity index (χ0n) is 77.4. The summed E-state index contributed by atoms with van der Waals surface area (Å²) in [4.78, 5) is 86.8. The van der Waals surface area contributed by atoms with Gasteiger partial charge in [-0.3, -0.25) is 29.4 Å². The lowest BCUT2D eigenvalue weighted by molar-refractivity contribution is 0.0828. The van der Waals surface area contributed by atoms with E-state index in [1.54, 1.807) is 51.3 Å². The molecule has 26 heteroatoms. The Hall–Kier alpha value is -13.8. The Kier molecular flexibility index (Phi) is 24.5. The van der Waals surface area contributed by atoms with Gasteiger partial charge in [0.2, 0.25) is 0 Å². The van der Waals surface area contributed by atoms with E-state index < -0.39 is 11.1 Å². The molecule has 6 aromatic carbocycles. The van der Waals surface area contributed by atoms with Gasteiger partial charge in [-0.05, 0) is 232 Å². The Balaban J connectivity index is 0.000000103. The van der Waals surface area contributed by atoms with Crippen LogP contribution in [0, 0.1) is 27.7 Å². The molecule has 5 N–H and O–H groups in total. The Bertz CT molecular complexity index is 6380. The fourth-order valence-corrected chi connectivity index (χ4v) is 22.1. The van der Waals surface area contributed by atoms with Crippen molar-refractivity contribution >= 4 is 46.8 Å². The van der Waals surface area contributed by atoms with Crippen molar-refractivity contribution in [3.63, 3.8) is 0 Å². The first-order valence-corrected chi connectivity index (χ1v) is 46.7. The lowest BCUT2D eigenvalue weighted by atomic mass is 9.76. The molecule has 26 nitrogen and oxygen atoms in total. The predicted octanol–water partition coefficient (Wildman–Crippen LogP) is 17.5. The summed E-state index contributed by atoms with van der Waals surface area (Å²) in [6, 6.07) is 38.8. The first-order chi connectivity index (χ1) is 64.4. The van der Waals surface area contributed by atoms with Crippen LogP contribution in [0.25, 0.3) is 66.8 Å². The fourth-order valence-electron chi connectivity index (χ4n) is 22.1. The summed E-state index contributed by atoms with van der Waals surface area (Å²) < 4.78 is 24.1. The summed E-state index contributed by atoms with van der Waals surface area (Å²) >= 11 is 0. The number of fused-ring (bicyclic) bond motifs is 6. The predicted molar refractivity (Wildman–Crippen MR) is 518 cm³/mol. The average Bonchev–Trinajstić information content (AvgIpc) is 1.52. The third-order valence-electron chi connectivity index (χ3n) is 28.9. The van der Waals surface area contributed by atoms with Crippen molar-refractivity contribution in [3.05, 3.63) is 274 Å². The van der Waals surface area contributed by atoms with Crippen LogP contribution in [-0.4, -0.2) is 166 Å². The number of hydrogen-bond donors (Lipinski definition) is 3. The molecule has 4 unspecified atom stereocenters. The molecule has 6 aliphatic heterocycles. The number of aliphatic imine (C=N–C) groups is 6. The SMILES string of the molecule is CC1=NC2(CCc3c(cccc3-c3cncnc3)C2=O)CO1.CC1=NC2(CCc3cc(-c4c(C)n[nH]c4C)ccc3C2)CO1.CC1=NC2(CCc3cc(-c4c(C)nn(C)c4C)ccc3C2)CO1.CC1=N[C@]2(CCc3c(cccc3-c3cncnc3)C2=O)CO1.NC1=NC2(CCCc3ccc(-c4cncnc4)cc3C2)CC1.NC1=N[C@]2(CCCc3ccc(-c4cncnc4)cc3C2)CC1. The van der Waals surface area contributed by atoms with Gasteiger partial charge >= 0.3 is 0 Å². The number of Topliss-reactive ketones (excluding diaryl/α,β-unsaturated/α-hetero) is 2. The highest BCUT2D eigenvalue weighted by atomic mass is 16.5. The highest BCUT2D eigenvalue weighted by molar-refractivity contribution is 6.10. The van der Waals surface area contributed by atoms with E-state index in [4.69, 9.17) is 50.4 Å². The highest BCUT2D eigenvalue weighted by Crippen LogP contribution is 2.46. The summed E-state index contributed by atoms with van der Waals surface area (Å²) in [5, 5.41) is 11.9. The number of benzene rings is 6. The van der Waals surface area contributed by atoms with Crippen molar-refractivity contribution in [2.75, 3.05) is 26.4 Å². The van der Waals surface area contributed by atoms with E-state index in [0.29, 0.717) is 37.9 Å². The maximum Gasteiger partial charge on any atom is 0.194 e. The fraction of sp³-hybridized carbons (Fsp3) is 0.383. The summed E-state index contributed by atoms with van der Waals surface area (Å²) in [6.45, 7) is 18.1. The first-order valence-electron chi connectivity index (χ1n) is 46.7. The number of hydrogen-bond acceptors (Lipinski definition) is 24. The number of nitrogens with zero attached hydrogens (tertiary/aromatic N) is 17. The van der Waals surface area contributed by atoms with Crippen molar-refractivity contribution in [2.24, 2.45) is 48.5 Å². The van der Waals surface area contributed by atoms with Crippen LogP contribution in [0.3, 0.4) is 0 Å². The lowest BCUT2D eigenvalue weighted by Crippen LogP contribution is -2.42. The molecule has 24 rings (SSSR count). The van der Waals surface area contributed by atoms with Gasteiger partial charge < -0.3 is 30.4 Å². The molecule has 0 bridgehead atoms. The summed E-state index contributed by atoms with van der Waals surface area (Å²) in [5.74, 6) is 4.66. The number of H-pyrrole nitrogens is 1. The van der Waals surface area contributed by atoms with E-state index in [9.17, 15) is 9.59 Å². The minimum absolute atomic E-state index is 0.0138. The van der Waals surface area contributed by atoms with Gasteiger partial charge in [-0.25, -0.2) is 59.8 Å². The lowest BCUT2D eigenvalue weighted by Gasteiger charge is -2.30. The van der Waals surface area contributed by atoms with Crippen LogP contribution in [0.4, 0.5) is 0 Å². The third-order valence-corrected chi connectivity index (χ3v) is 28.9. The van der Waals surface area contributed by atoms with Gasteiger partial charge in [-0.1, -0.05) is 109 Å². The Labute approximate surface area is 775 Å². The molecular weight excluding hydrogens is 1660 g/mol. The number of ether oxygens (including phenoxy) is 4. The number of carbonyl (C=O) groups excluding carboxylic acids is 2. The van der Waals surface area contributed by atoms with Crippen LogP contribution in [0.2, 0.25) is 0 Å². The second-order valence-electron chi connectivity index (χ2n) is 38.0. The molecule has 0 saturated carbocycles. The number of carbonyl (C=O) groups is 2. The zero-order valence-corrected chi connectivity index (χ0v) is 77.4. The molecule has 12 aromatic rings. The van der Waals surface area contributed by atoms with Crippen molar-refractivity contribution < 1.29 is 28.5 Å². The van der Waals surface area contributed by atoms with E-state index in [1.807, 2.05) is 86.8 Å². The molecule has 0 amide bonds. The van der Waals surface area contributed by atoms with E-state index in [-0.39, 0.29) is 33.7 Å². The normalized spacial score (nSPS) is 23.4. The summed E-state index contributed by atoms with van der Waals surface area (Å²) in [6.07, 6.45) is 43.0. The van der Waals surface area contributed by atoms with Crippen LogP contribution in [0.1, 0.15) is 204 Å². The first kappa shape index (κ1) is 88.5. The third kappa shape index (κ3) is 18.3. The van der Waals surface area contributed by atoms with Crippen LogP contribution in [0.5, 0.6) is 0 Å². The van der Waals surface area contributed by atoms with Crippen molar-refractivity contribution in [1.29, 1.82) is 0 Å². The van der Waals surface area contributed by atoms with Gasteiger partial charge in [0.25, 0.3) is 0 Å². The Morgan fingerprint density at radius 3 is 1.09 bits per heavy atom. The van der Waals surface area contributed by atoms with Gasteiger partial charge in [-0.2, -0.15) is 10.2 Å². The van der Waals surface area contributed by atoms with Gasteiger partial charge in [-0.15, -0.1) is 0 Å². The molecule has 0 radical (unpaired) electrons. The van der Waals surface area contributed by atoms with E-state index >= 15 is 0 Å². The standard InChI is InChI=1S/C19H23N3O.2C18H20N4.C18H21N3O.2C17H15N3O2/c1-12-18(13(2)22(4)21-12)16-5-6-17-10-19(8-7-15(17)9-16)11-23-14(3)20-19;2*19-17-5-7-18(22-17)6-1-2-13-3-4-14(8-15(13)9-18)16-10-20-12-21-11-16;1-11-17(12(2)21-20-11)15-4-5-16-9-18(7-6-14(16)8-15)10-22-13(3)19-18;2*1-11-20-17(9-22-11)6-5-14-13(12-7-18-10-19-8-12)3-2-4-15(14)16(17)21/h5-6,9H,7-8,10-11H2,1-4H3;2*3-4,8,10-12H,1-2,5-7,9H2,(H2,19,22);4-5,8H,6-7,9-10H2,1-3H3,(H,20,21);2*2-4,7-8,10H,5-6,9H2,1H3/t;18-;;;17-;/m.1..1./s1. The van der Waals surface area contributed by atoms with Gasteiger partial charge in [0.15, 0.2) is 46.2 Å². The number of ketones is 2. The second-order valence-corrected chi connectivity index (χ2v) is 38.0. The van der Waals surface area contributed by atoms with Crippen LogP contribution in [0.15, 0.2) is 214 Å². The smallest absolute Gasteiger partial charge is 0.194 e. The van der Waals surface area contributed by atoms with E-state index in [1.165, 1.54) is 109 Å². The summed E-state index contributed by atoms with van der Waals surface area (Å²) in [5.41, 5.74) is 43.6. The van der Waals surface area contributed by atoms with Crippen molar-refractivity contribution in [3.8, 4) is 66.8 Å². The molecule has 0 saturated heterocycles. The highest BCUT2D eigenvalue weighted by Gasteiger charge is 2.50. The molecule has 0 fully saturated rings. The number of rotatable bonds is 6. The molecule has 678 valence electrons. The zero-order chi connectivity index (χ0) is 91.8. The van der Waals surface area contributed by atoms with E-state index in [0.717, 1.165) is 225 Å². The molecule has 12 heterocycles. The van der Waals surface area contributed by atoms with Gasteiger partial charge in [0, 0.05) is 166 Å². The molecular formula is C107H114N20O6. The number of nitrogens with one attached hydrogen (secondary N) is 1. The maximum atomic E-state index is 13.0. The maximum absolute atomic E-state index is 13.0. The van der Waals surface area contributed by atoms with Gasteiger partial charge in [0.1, 0.15) is 62.8 Å².